The van der Waals surface area contributed by atoms with Crippen LogP contribution in [0.3, 0.4) is 0 Å². The molecule has 36 heteroatoms. The van der Waals surface area contributed by atoms with Gasteiger partial charge in [-0.2, -0.15) is 0 Å². The first-order chi connectivity index (χ1) is 45.0. The van der Waals surface area contributed by atoms with Gasteiger partial charge >= 0.3 is 11.9 Å². The third kappa shape index (κ3) is 34.6. The van der Waals surface area contributed by atoms with Gasteiger partial charge in [0.2, 0.25) is 76.8 Å². The minimum absolute atomic E-state index is 0.0114. The van der Waals surface area contributed by atoms with Crippen LogP contribution in [0.2, 0.25) is 0 Å². The summed E-state index contributed by atoms with van der Waals surface area (Å²) in [6, 6.07) is -18.5. The maximum Gasteiger partial charge on any atom is 0.326 e. The minimum atomic E-state index is -1.87. The predicted molar refractivity (Wildman–Crippen MR) is 353 cm³/mol. The molecule has 0 spiro atoms. The van der Waals surface area contributed by atoms with E-state index in [0.29, 0.717) is 6.42 Å². The van der Waals surface area contributed by atoms with Crippen molar-refractivity contribution in [3.05, 3.63) is 0 Å². The summed E-state index contributed by atoms with van der Waals surface area (Å²) >= 11 is 0. The molecule has 97 heavy (non-hydrogen) atoms. The summed E-state index contributed by atoms with van der Waals surface area (Å²) in [5.74, 6) is -16.5. The van der Waals surface area contributed by atoms with Crippen LogP contribution >= 0.6 is 0 Å². The fourth-order valence-corrected chi connectivity index (χ4v) is 9.15. The Bertz CT molecular complexity index is 2730. The van der Waals surface area contributed by atoms with Crippen LogP contribution < -0.4 is 86.3 Å². The first kappa shape index (κ1) is 88.2. The zero-order valence-corrected chi connectivity index (χ0v) is 58.3. The number of aliphatic carboxylic acids is 2. The zero-order chi connectivity index (χ0) is 74.9. The maximum absolute atomic E-state index is 14.1. The third-order valence-corrected chi connectivity index (χ3v) is 14.8. The molecule has 23 N–H and O–H groups in total. The maximum atomic E-state index is 14.1. The summed E-state index contributed by atoms with van der Waals surface area (Å²) in [6.45, 7) is 22.1. The summed E-state index contributed by atoms with van der Waals surface area (Å²) in [6.07, 6.45) is -2.13. The van der Waals surface area contributed by atoms with Gasteiger partial charge < -0.3 is 107 Å². The SMILES string of the molecule is CC[C@H](C)[C@H](NC(=O)CNC(=O)[C@H](CCCN=C(N)N)NC(=O)[C@H](CC(C)C)NC(=O)[C@H](C)NC(=O)[C@H](C)NC(=O)[C@H](CC(C)C)NC(=O)[C@H](CC(C)C)NC(=O)[C@H](C)NC(=O)[C@H](CC(=O)O)NC(=O)[C@H](CC(C)C)NC(=O)[C@@H](NC(=O)[C@H](C)NC(=O)[C@@H](N)CO)[C@@H](C)O)C(=O)O. The summed E-state index contributed by atoms with van der Waals surface area (Å²) in [4.78, 5) is 203. The number of rotatable bonds is 45. The second-order valence-electron chi connectivity index (χ2n) is 25.9. The molecule has 0 aliphatic carbocycles. The van der Waals surface area contributed by atoms with Crippen molar-refractivity contribution in [3.63, 3.8) is 0 Å². The second-order valence-corrected chi connectivity index (χ2v) is 25.9. The van der Waals surface area contributed by atoms with Crippen LogP contribution in [0.5, 0.6) is 0 Å². The van der Waals surface area contributed by atoms with Crippen molar-refractivity contribution in [2.75, 3.05) is 19.7 Å². The zero-order valence-electron chi connectivity index (χ0n) is 58.3. The quantitative estimate of drug-likeness (QED) is 0.0154. The van der Waals surface area contributed by atoms with Gasteiger partial charge in [-0.05, 0) is 103 Å². The average Bonchev–Trinajstić information content (AvgIpc) is 0.890. The number of hydrogen-bond donors (Lipinski definition) is 20. The lowest BCUT2D eigenvalue weighted by atomic mass is 9.99. The highest BCUT2D eigenvalue weighted by molar-refractivity contribution is 6.00. The number of amides is 13. The molecule has 0 rings (SSSR count). The molecule has 36 nitrogen and oxygen atoms in total. The summed E-state index contributed by atoms with van der Waals surface area (Å²) in [5.41, 5.74) is 16.4. The van der Waals surface area contributed by atoms with E-state index in [0.717, 1.165) is 6.92 Å². The van der Waals surface area contributed by atoms with Gasteiger partial charge in [0.1, 0.15) is 78.5 Å². The molecule has 0 aromatic carbocycles. The van der Waals surface area contributed by atoms with Crippen LogP contribution in [-0.4, -0.2) is 219 Å². The van der Waals surface area contributed by atoms with Crippen LogP contribution in [0.15, 0.2) is 4.99 Å². The summed E-state index contributed by atoms with van der Waals surface area (Å²) in [5, 5.41) is 70.6. The number of aliphatic imine (C=N–C) groups is 1. The Labute approximate surface area is 565 Å². The second kappa shape index (κ2) is 44.1. The van der Waals surface area contributed by atoms with E-state index in [1.807, 2.05) is 0 Å². The van der Waals surface area contributed by atoms with Gasteiger partial charge in [0, 0.05) is 6.54 Å². The highest BCUT2D eigenvalue weighted by atomic mass is 16.4. The molecule has 0 unspecified atom stereocenters. The lowest BCUT2D eigenvalue weighted by Gasteiger charge is -2.28. The number of hydrogen-bond acceptors (Lipinski definition) is 19. The summed E-state index contributed by atoms with van der Waals surface area (Å²) < 4.78 is 0. The number of carboxylic acid groups (broad SMARTS) is 2. The Hall–Kier alpha value is -8.80. The molecule has 0 bridgehead atoms. The van der Waals surface area contributed by atoms with Gasteiger partial charge in [0.15, 0.2) is 5.96 Å². The first-order valence-corrected chi connectivity index (χ1v) is 32.4. The molecule has 0 radical (unpaired) electrons. The van der Waals surface area contributed by atoms with E-state index in [9.17, 15) is 87.2 Å². The molecule has 552 valence electrons. The number of nitrogens with zero attached hydrogens (tertiary/aromatic N) is 1. The molecule has 15 atom stereocenters. The number of nitrogens with one attached hydrogen (secondary N) is 13. The molecule has 0 aliphatic heterocycles. The molecule has 0 saturated heterocycles. The Kier molecular flexibility index (Phi) is 40.1. The van der Waals surface area contributed by atoms with E-state index >= 15 is 0 Å². The van der Waals surface area contributed by atoms with Crippen molar-refractivity contribution in [2.45, 2.75) is 240 Å². The molecule has 0 heterocycles. The molecule has 0 fully saturated rings. The van der Waals surface area contributed by atoms with E-state index < -0.39 is 199 Å². The standard InChI is InChI=1S/C61H109N17O19/c1-16-31(10)46(60(96)97)77-44(81)25-66-53(89)38(18-17-19-65-61(63)64)71-56(92)40(21-28(4)5)72-49(85)33(12)67-48(84)32(11)69-54(90)39(20-27(2)3)74-57(93)41(22-29(6)7)73-50(86)34(13)70-55(91)43(24-45(82)83)75-58(94)42(23-30(8)9)76-59(95)47(36(15)80)78-51(87)35(14)68-52(88)37(62)26-79/h27-43,46-47,79-80H,16-26,62H2,1-15H3,(H,66,89)(H,67,84)(H,68,88)(H,69,90)(H,70,91)(H,71,92)(H,72,85)(H,73,86)(H,74,93)(H,75,94)(H,76,95)(H,77,81)(H,78,87)(H,82,83)(H,96,97)(H4,63,64,65)/t31-,32-,33-,34-,35-,36+,37-,38-,39-,40-,41-,42-,43-,46-,47-/m0/s1. The fourth-order valence-electron chi connectivity index (χ4n) is 9.15. The summed E-state index contributed by atoms with van der Waals surface area (Å²) in [7, 11) is 0. The monoisotopic (exact) mass is 1380 g/mol. The highest BCUT2D eigenvalue weighted by Gasteiger charge is 2.37. The highest BCUT2D eigenvalue weighted by Crippen LogP contribution is 2.14. The van der Waals surface area contributed by atoms with Gasteiger partial charge in [-0.3, -0.25) is 72.1 Å². The average molecular weight is 1380 g/mol. The minimum Gasteiger partial charge on any atom is -0.481 e. The van der Waals surface area contributed by atoms with Gasteiger partial charge in [-0.15, -0.1) is 0 Å². The number of carboxylic acids is 2. The van der Waals surface area contributed by atoms with Gasteiger partial charge in [0.25, 0.3) is 0 Å². The van der Waals surface area contributed by atoms with Gasteiger partial charge in [-0.1, -0.05) is 75.7 Å². The van der Waals surface area contributed by atoms with Gasteiger partial charge in [0.05, 0.1) is 25.7 Å². The number of aliphatic hydroxyl groups is 2. The molecule has 0 saturated carbocycles. The van der Waals surface area contributed by atoms with E-state index in [2.05, 4.69) is 74.1 Å². The van der Waals surface area contributed by atoms with Crippen LogP contribution in [0.1, 0.15) is 155 Å². The number of aliphatic hydroxyl groups excluding tert-OH is 2. The number of guanidine groups is 1. The smallest absolute Gasteiger partial charge is 0.326 e. The van der Waals surface area contributed by atoms with Crippen molar-refractivity contribution in [3.8, 4) is 0 Å². The van der Waals surface area contributed by atoms with Crippen molar-refractivity contribution in [1.82, 2.24) is 69.1 Å². The Morgan fingerprint density at radius 2 is 0.753 bits per heavy atom. The number of carbonyl (C=O) groups is 15. The third-order valence-electron chi connectivity index (χ3n) is 14.8. The Balaban J connectivity index is 6.33. The van der Waals surface area contributed by atoms with Crippen LogP contribution in [0.25, 0.3) is 0 Å². The van der Waals surface area contributed by atoms with Crippen molar-refractivity contribution in [2.24, 2.45) is 51.8 Å². The lowest BCUT2D eigenvalue weighted by molar-refractivity contribution is -0.143. The van der Waals surface area contributed by atoms with Crippen LogP contribution in [0.4, 0.5) is 0 Å². The largest absolute Gasteiger partial charge is 0.481 e. The van der Waals surface area contributed by atoms with E-state index in [1.54, 1.807) is 69.2 Å². The molecule has 0 aliphatic rings. The number of nitrogens with two attached hydrogens (primary N) is 3. The molecule has 0 aromatic rings. The van der Waals surface area contributed by atoms with E-state index in [1.165, 1.54) is 27.7 Å². The fraction of sp³-hybridized carbons (Fsp3) is 0.738. The van der Waals surface area contributed by atoms with Crippen molar-refractivity contribution < 1.29 is 92.3 Å². The van der Waals surface area contributed by atoms with Crippen LogP contribution in [0, 0.1) is 29.6 Å². The van der Waals surface area contributed by atoms with Crippen molar-refractivity contribution in [1.29, 1.82) is 0 Å². The first-order valence-electron chi connectivity index (χ1n) is 32.4. The Morgan fingerprint density at radius 3 is 1.12 bits per heavy atom. The lowest BCUT2D eigenvalue weighted by Crippen LogP contribution is -2.61. The van der Waals surface area contributed by atoms with Crippen LogP contribution in [-0.2, 0) is 71.9 Å². The van der Waals surface area contributed by atoms with Crippen molar-refractivity contribution >= 4 is 94.7 Å². The molecule has 13 amide bonds. The molecular weight excluding hydrogens is 1270 g/mol. The molecule has 0 aromatic heterocycles. The van der Waals surface area contributed by atoms with E-state index in [4.69, 9.17) is 22.3 Å². The predicted octanol–water partition coefficient (Wildman–Crippen LogP) is -5.46. The van der Waals surface area contributed by atoms with Gasteiger partial charge in [-0.25, -0.2) is 4.79 Å². The normalized spacial score (nSPS) is 15.9. The topological polar surface area (TPSA) is 584 Å². The molecular formula is C61H109N17O19. The Morgan fingerprint density at radius 1 is 0.412 bits per heavy atom. The van der Waals surface area contributed by atoms with E-state index in [-0.39, 0.29) is 74.7 Å². The number of carbonyl (C=O) groups excluding carboxylic acids is 13.